The maximum absolute atomic E-state index is 14.1. The molecule has 1 fully saturated rings. The van der Waals surface area contributed by atoms with Crippen molar-refractivity contribution in [3.8, 4) is 0 Å². The van der Waals surface area contributed by atoms with Crippen molar-refractivity contribution in [2.75, 3.05) is 6.61 Å². The number of benzene rings is 1. The lowest BCUT2D eigenvalue weighted by molar-refractivity contribution is -0.267. The van der Waals surface area contributed by atoms with Crippen LogP contribution in [0.1, 0.15) is 39.3 Å². The Morgan fingerprint density at radius 3 is 2.24 bits per heavy atom. The number of ether oxygens (including phenoxy) is 5. The zero-order valence-corrected chi connectivity index (χ0v) is 18.4. The van der Waals surface area contributed by atoms with Gasteiger partial charge >= 0.3 is 23.9 Å². The van der Waals surface area contributed by atoms with Crippen LogP contribution in [-0.2, 0) is 42.9 Å². The molecule has 3 rings (SSSR count). The van der Waals surface area contributed by atoms with Crippen LogP contribution in [0, 0.1) is 5.82 Å². The van der Waals surface area contributed by atoms with Crippen LogP contribution in [0.15, 0.2) is 24.4 Å². The van der Waals surface area contributed by atoms with Crippen LogP contribution in [0.4, 0.5) is 4.39 Å². The lowest BCUT2D eigenvalue weighted by atomic mass is 9.97. The van der Waals surface area contributed by atoms with Gasteiger partial charge in [-0.05, 0) is 18.2 Å². The van der Waals surface area contributed by atoms with Gasteiger partial charge in [0.2, 0.25) is 0 Å². The molecule has 184 valence electrons. The summed E-state index contributed by atoms with van der Waals surface area (Å²) in [4.78, 5) is 48.2. The molecule has 1 saturated heterocycles. The zero-order chi connectivity index (χ0) is 28.0. The molecule has 1 aliphatic heterocycles. The molecule has 0 N–H and O–H groups in total. The van der Waals surface area contributed by atoms with Gasteiger partial charge in [0.15, 0.2) is 24.5 Å². The summed E-state index contributed by atoms with van der Waals surface area (Å²) in [5.74, 6) is -4.91. The average Bonchev–Trinajstić information content (AvgIpc) is 3.35. The number of aromatic nitrogens is 1. The van der Waals surface area contributed by atoms with Crippen LogP contribution in [0.5, 0.6) is 0 Å². The molecule has 2 aromatic rings. The molecular weight excluding hydrogens is 477 g/mol. The van der Waals surface area contributed by atoms with E-state index in [2.05, 4.69) is 0 Å². The van der Waals surface area contributed by atoms with Gasteiger partial charge in [0.25, 0.3) is 0 Å². The van der Waals surface area contributed by atoms with Crippen molar-refractivity contribution in [3.63, 3.8) is 0 Å². The topological polar surface area (TPSA) is 119 Å². The highest BCUT2D eigenvalue weighted by Crippen LogP contribution is 2.38. The third-order valence-corrected chi connectivity index (χ3v) is 5.27. The summed E-state index contributed by atoms with van der Waals surface area (Å²) in [6.45, 7) is -3.89. The van der Waals surface area contributed by atoms with Crippen LogP contribution in [-0.4, -0.2) is 59.5 Å². The Balaban J connectivity index is 2.16. The largest absolute Gasteiger partial charge is 0.463 e. The van der Waals surface area contributed by atoms with Gasteiger partial charge in [-0.3, -0.25) is 19.2 Å². The Morgan fingerprint density at radius 1 is 0.971 bits per heavy atom. The number of carbonyl (C=O) groups excluding carboxylic acids is 4. The van der Waals surface area contributed by atoms with Crippen LogP contribution >= 0.6 is 11.6 Å². The maximum atomic E-state index is 14.1. The summed E-state index contributed by atoms with van der Waals surface area (Å²) in [5.41, 5.74) is 0.294. The van der Waals surface area contributed by atoms with E-state index in [1.54, 1.807) is 0 Å². The standard InChI is InChI=1S/C22H23ClFNO9/c1-10(26)30-9-17-19(31-11(2)27)20(32-12(3)28)21(33-13(4)29)22(34-17)25-8-7-14-16(25)6-5-15(24)18(14)23/h5-8,17,19-22H,9H2,1-4H3/t17-,19-,20+,21-,22?/m1/s1/i1D,2D,3D,4D. The van der Waals surface area contributed by atoms with Gasteiger partial charge in [-0.2, -0.15) is 0 Å². The van der Waals surface area contributed by atoms with E-state index in [0.29, 0.717) is 5.52 Å². The molecule has 0 bridgehead atoms. The number of nitrogens with zero attached hydrogens (tertiary/aromatic N) is 1. The molecule has 0 aliphatic carbocycles. The quantitative estimate of drug-likeness (QED) is 0.432. The van der Waals surface area contributed by atoms with E-state index >= 15 is 0 Å². The minimum absolute atomic E-state index is 0.211. The monoisotopic (exact) mass is 503 g/mol. The van der Waals surface area contributed by atoms with Crippen molar-refractivity contribution >= 4 is 46.4 Å². The van der Waals surface area contributed by atoms with Crippen molar-refractivity contribution in [3.05, 3.63) is 35.2 Å². The Labute approximate surface area is 204 Å². The summed E-state index contributed by atoms with van der Waals surface area (Å²) in [7, 11) is 0. The lowest BCUT2D eigenvalue weighted by Gasteiger charge is -2.44. The Hall–Kier alpha value is -3.18. The summed E-state index contributed by atoms with van der Waals surface area (Å²) in [5, 5.41) is 0.0394. The molecule has 2 heterocycles. The van der Waals surface area contributed by atoms with Crippen LogP contribution in [0.25, 0.3) is 10.9 Å². The fourth-order valence-electron chi connectivity index (χ4n) is 3.68. The Morgan fingerprint density at radius 2 is 1.59 bits per heavy atom. The second kappa shape index (κ2) is 10.4. The van der Waals surface area contributed by atoms with Gasteiger partial charge in [-0.25, -0.2) is 4.39 Å². The van der Waals surface area contributed by atoms with Crippen molar-refractivity contribution in [1.29, 1.82) is 0 Å². The zero-order valence-electron chi connectivity index (χ0n) is 21.6. The first-order valence-electron chi connectivity index (χ1n) is 12.5. The summed E-state index contributed by atoms with van der Waals surface area (Å²) in [6, 6.07) is 3.88. The second-order valence-electron chi connectivity index (χ2n) is 7.13. The number of rotatable bonds is 6. The normalized spacial score (nSPS) is 25.9. The smallest absolute Gasteiger partial charge is 0.303 e. The number of esters is 4. The number of halogens is 2. The third kappa shape index (κ3) is 5.48. The molecule has 10 nitrogen and oxygen atoms in total. The predicted molar refractivity (Wildman–Crippen MR) is 114 cm³/mol. The number of hydrogen-bond donors (Lipinski definition) is 0. The molecule has 1 unspecified atom stereocenters. The molecule has 0 spiro atoms. The first-order valence-corrected chi connectivity index (χ1v) is 10.0. The minimum Gasteiger partial charge on any atom is -0.463 e. The molecule has 12 heteroatoms. The van der Waals surface area contributed by atoms with E-state index < -0.39 is 94.5 Å². The highest BCUT2D eigenvalue weighted by Gasteiger charge is 2.53. The molecular formula is C22H23ClFNO9. The van der Waals surface area contributed by atoms with Crippen LogP contribution in [0.3, 0.4) is 0 Å². The summed E-state index contributed by atoms with van der Waals surface area (Å²) >= 11 is 6.08. The van der Waals surface area contributed by atoms with Crippen molar-refractivity contribution in [2.45, 2.75) is 58.2 Å². The fraction of sp³-hybridized carbons (Fsp3) is 0.455. The SMILES string of the molecule is [2H]CC(=O)OC[C@H]1OC(n2ccc3c(Cl)c(F)ccc32)[C@H](OC(=O)C[2H])[C@@H](OC(=O)C[2H])[C@@H]1OC(=O)C[2H]. The molecule has 0 radical (unpaired) electrons. The average molecular weight is 504 g/mol. The fourth-order valence-corrected chi connectivity index (χ4v) is 3.91. The van der Waals surface area contributed by atoms with E-state index in [-0.39, 0.29) is 10.4 Å². The molecule has 34 heavy (non-hydrogen) atoms. The highest BCUT2D eigenvalue weighted by molar-refractivity contribution is 6.35. The Bertz CT molecular complexity index is 1200. The first-order chi connectivity index (χ1) is 18.1. The van der Waals surface area contributed by atoms with Gasteiger partial charge < -0.3 is 28.3 Å². The van der Waals surface area contributed by atoms with Crippen molar-refractivity contribution in [2.24, 2.45) is 0 Å². The molecule has 0 amide bonds. The van der Waals surface area contributed by atoms with Crippen molar-refractivity contribution < 1.29 is 52.7 Å². The lowest BCUT2D eigenvalue weighted by Crippen LogP contribution is -2.60. The van der Waals surface area contributed by atoms with Gasteiger partial charge in [0.05, 0.1) is 10.5 Å². The predicted octanol–water partition coefficient (Wildman–Crippen LogP) is 2.69. The highest BCUT2D eigenvalue weighted by atomic mass is 35.5. The van der Waals surface area contributed by atoms with Crippen LogP contribution in [0.2, 0.25) is 5.02 Å². The minimum atomic E-state index is -1.65. The third-order valence-electron chi connectivity index (χ3n) is 4.88. The first kappa shape index (κ1) is 20.2. The van der Waals surface area contributed by atoms with Gasteiger partial charge in [-0.15, -0.1) is 0 Å². The molecule has 5 atom stereocenters. The molecule has 1 aromatic carbocycles. The molecule has 1 aromatic heterocycles. The summed E-state index contributed by atoms with van der Waals surface area (Å²) in [6.07, 6.45) is -6.19. The Kier molecular flexibility index (Phi) is 6.18. The van der Waals surface area contributed by atoms with E-state index in [4.69, 9.17) is 40.8 Å². The maximum Gasteiger partial charge on any atom is 0.303 e. The van der Waals surface area contributed by atoms with Gasteiger partial charge in [0, 0.05) is 44.7 Å². The van der Waals surface area contributed by atoms with E-state index in [1.165, 1.54) is 22.9 Å². The van der Waals surface area contributed by atoms with E-state index in [0.717, 1.165) is 6.07 Å². The van der Waals surface area contributed by atoms with Gasteiger partial charge in [-0.1, -0.05) is 11.6 Å². The van der Waals surface area contributed by atoms with Crippen molar-refractivity contribution in [1.82, 2.24) is 4.57 Å². The summed E-state index contributed by atoms with van der Waals surface area (Å²) < 4.78 is 71.6. The molecule has 1 aliphatic rings. The second-order valence-corrected chi connectivity index (χ2v) is 7.51. The number of carbonyl (C=O) groups is 4. The van der Waals surface area contributed by atoms with Gasteiger partial charge in [0.1, 0.15) is 18.5 Å². The van der Waals surface area contributed by atoms with E-state index in [1.807, 2.05) is 0 Å². The number of hydrogen-bond acceptors (Lipinski definition) is 9. The van der Waals surface area contributed by atoms with E-state index in [9.17, 15) is 23.6 Å². The van der Waals surface area contributed by atoms with Crippen LogP contribution < -0.4 is 0 Å². The number of fused-ring (bicyclic) bond motifs is 1. The molecule has 0 saturated carbocycles.